The van der Waals surface area contributed by atoms with Crippen LogP contribution in [0.4, 0.5) is 0 Å². The van der Waals surface area contributed by atoms with E-state index in [0.29, 0.717) is 5.96 Å². The highest BCUT2D eigenvalue weighted by atomic mass is 16.6. The van der Waals surface area contributed by atoms with Gasteiger partial charge in [-0.1, -0.05) is 0 Å². The minimum Gasteiger partial charge on any atom is -0.460 e. The number of esters is 1. The fraction of sp³-hybridized carbons (Fsp3) is 0.857. The predicted molar refractivity (Wildman–Crippen MR) is 76.9 cm³/mol. The van der Waals surface area contributed by atoms with E-state index in [9.17, 15) is 4.79 Å². The maximum absolute atomic E-state index is 12.0. The first kappa shape index (κ1) is 15.8. The van der Waals surface area contributed by atoms with Crippen LogP contribution in [0, 0.1) is 5.92 Å². The quantitative estimate of drug-likeness (QED) is 0.471. The molecule has 0 radical (unpaired) electrons. The second-order valence-corrected chi connectivity index (χ2v) is 6.42. The molecule has 0 spiro atoms. The van der Waals surface area contributed by atoms with Crippen molar-refractivity contribution < 1.29 is 9.53 Å². The van der Waals surface area contributed by atoms with Crippen LogP contribution in [0.1, 0.15) is 46.5 Å². The number of aliphatic imine (C=N–C) groups is 1. The Morgan fingerprint density at radius 2 is 1.74 bits per heavy atom. The molecule has 110 valence electrons. The van der Waals surface area contributed by atoms with Crippen LogP contribution >= 0.6 is 0 Å². The van der Waals surface area contributed by atoms with Crippen molar-refractivity contribution in [2.75, 3.05) is 14.1 Å². The maximum atomic E-state index is 12.0. The molecule has 0 unspecified atom stereocenters. The van der Waals surface area contributed by atoms with Gasteiger partial charge in [0.05, 0.1) is 12.0 Å². The van der Waals surface area contributed by atoms with E-state index in [-0.39, 0.29) is 17.9 Å². The van der Waals surface area contributed by atoms with Gasteiger partial charge in [0.1, 0.15) is 5.60 Å². The second-order valence-electron chi connectivity index (χ2n) is 6.42. The van der Waals surface area contributed by atoms with Crippen LogP contribution in [0.3, 0.4) is 0 Å². The summed E-state index contributed by atoms with van der Waals surface area (Å²) in [6.07, 6.45) is 3.48. The number of nitrogens with zero attached hydrogens (tertiary/aromatic N) is 2. The fourth-order valence-electron chi connectivity index (χ4n) is 2.13. The molecule has 0 aromatic rings. The Morgan fingerprint density at radius 1 is 1.21 bits per heavy atom. The van der Waals surface area contributed by atoms with Gasteiger partial charge >= 0.3 is 5.97 Å². The van der Waals surface area contributed by atoms with Gasteiger partial charge < -0.3 is 15.4 Å². The molecule has 5 heteroatoms. The van der Waals surface area contributed by atoms with Crippen molar-refractivity contribution >= 4 is 11.9 Å². The lowest BCUT2D eigenvalue weighted by molar-refractivity contribution is -0.161. The SMILES string of the molecule is CN(C)C(N)=NC1CCC(C(=O)OC(C)(C)C)CC1. The minimum atomic E-state index is -0.401. The van der Waals surface area contributed by atoms with Crippen molar-refractivity contribution in [3.8, 4) is 0 Å². The molecule has 2 N–H and O–H groups in total. The van der Waals surface area contributed by atoms with Crippen molar-refractivity contribution in [1.82, 2.24) is 4.90 Å². The summed E-state index contributed by atoms with van der Waals surface area (Å²) in [5.74, 6) is 0.502. The smallest absolute Gasteiger partial charge is 0.309 e. The molecular weight excluding hydrogens is 242 g/mol. The van der Waals surface area contributed by atoms with Gasteiger partial charge in [0.25, 0.3) is 0 Å². The molecule has 0 saturated heterocycles. The zero-order valence-electron chi connectivity index (χ0n) is 12.8. The van der Waals surface area contributed by atoms with Gasteiger partial charge in [-0.05, 0) is 46.5 Å². The third kappa shape index (κ3) is 5.49. The van der Waals surface area contributed by atoms with Crippen LogP contribution in [0.25, 0.3) is 0 Å². The first-order valence-corrected chi connectivity index (χ1v) is 6.92. The van der Waals surface area contributed by atoms with Gasteiger partial charge in [0, 0.05) is 14.1 Å². The molecule has 5 nitrogen and oxygen atoms in total. The summed E-state index contributed by atoms with van der Waals surface area (Å²) in [5.41, 5.74) is 5.41. The van der Waals surface area contributed by atoms with Crippen LogP contribution in [0.15, 0.2) is 4.99 Å². The first-order valence-electron chi connectivity index (χ1n) is 6.92. The average Bonchev–Trinajstić information content (AvgIpc) is 2.27. The third-order valence-corrected chi connectivity index (χ3v) is 3.21. The number of guanidine groups is 1. The fourth-order valence-corrected chi connectivity index (χ4v) is 2.13. The van der Waals surface area contributed by atoms with Gasteiger partial charge in [-0.15, -0.1) is 0 Å². The molecule has 0 aliphatic heterocycles. The molecule has 0 aromatic carbocycles. The van der Waals surface area contributed by atoms with E-state index in [1.54, 1.807) is 4.90 Å². The Kier molecular flexibility index (Phi) is 5.20. The lowest BCUT2D eigenvalue weighted by atomic mass is 9.86. The number of rotatable bonds is 2. The standard InChI is InChI=1S/C14H27N3O2/c1-14(2,3)19-12(18)10-6-8-11(9-7-10)16-13(15)17(4)5/h10-11H,6-9H2,1-5H3,(H2,15,16). The van der Waals surface area contributed by atoms with Gasteiger partial charge in [0.2, 0.25) is 0 Å². The summed E-state index contributed by atoms with van der Waals surface area (Å²) in [5, 5.41) is 0. The third-order valence-electron chi connectivity index (χ3n) is 3.21. The van der Waals surface area contributed by atoms with Crippen LogP contribution in [0.5, 0.6) is 0 Å². The molecule has 0 bridgehead atoms. The summed E-state index contributed by atoms with van der Waals surface area (Å²) in [6.45, 7) is 5.70. The predicted octanol–water partition coefficient (Wildman–Crippen LogP) is 1.76. The first-order chi connectivity index (χ1) is 8.69. The molecule has 1 fully saturated rings. The number of nitrogens with two attached hydrogens (primary N) is 1. The zero-order valence-corrected chi connectivity index (χ0v) is 12.8. The molecule has 0 atom stereocenters. The molecule has 19 heavy (non-hydrogen) atoms. The Hall–Kier alpha value is -1.26. The molecule has 0 heterocycles. The molecule has 1 rings (SSSR count). The summed E-state index contributed by atoms with van der Waals surface area (Å²) in [6, 6.07) is 0.237. The normalized spacial score (nSPS) is 25.0. The lowest BCUT2D eigenvalue weighted by Gasteiger charge is -2.28. The minimum absolute atomic E-state index is 0.0197. The number of hydrogen-bond donors (Lipinski definition) is 1. The summed E-state index contributed by atoms with van der Waals surface area (Å²) in [7, 11) is 3.76. The largest absolute Gasteiger partial charge is 0.460 e. The van der Waals surface area contributed by atoms with E-state index in [1.165, 1.54) is 0 Å². The van der Waals surface area contributed by atoms with Crippen LogP contribution in [-0.2, 0) is 9.53 Å². The Balaban J connectivity index is 2.45. The molecule has 1 aliphatic carbocycles. The van der Waals surface area contributed by atoms with Gasteiger partial charge in [0.15, 0.2) is 5.96 Å². The number of hydrogen-bond acceptors (Lipinski definition) is 3. The lowest BCUT2D eigenvalue weighted by Crippen LogP contribution is -2.34. The Bertz CT molecular complexity index is 337. The van der Waals surface area contributed by atoms with E-state index in [0.717, 1.165) is 25.7 Å². The number of carbonyl (C=O) groups is 1. The van der Waals surface area contributed by atoms with Crippen molar-refractivity contribution in [1.29, 1.82) is 0 Å². The molecule has 1 saturated carbocycles. The molecule has 1 aliphatic rings. The van der Waals surface area contributed by atoms with Gasteiger partial charge in [-0.3, -0.25) is 4.79 Å². The zero-order chi connectivity index (χ0) is 14.6. The number of ether oxygens (including phenoxy) is 1. The summed E-state index contributed by atoms with van der Waals surface area (Å²) >= 11 is 0. The monoisotopic (exact) mass is 269 g/mol. The van der Waals surface area contributed by atoms with Crippen LogP contribution in [-0.4, -0.2) is 42.6 Å². The van der Waals surface area contributed by atoms with E-state index >= 15 is 0 Å². The van der Waals surface area contributed by atoms with Crippen molar-refractivity contribution in [3.05, 3.63) is 0 Å². The summed E-state index contributed by atoms with van der Waals surface area (Å²) < 4.78 is 5.42. The van der Waals surface area contributed by atoms with Gasteiger partial charge in [-0.2, -0.15) is 0 Å². The van der Waals surface area contributed by atoms with Crippen molar-refractivity contribution in [2.45, 2.75) is 58.1 Å². The van der Waals surface area contributed by atoms with E-state index in [1.807, 2.05) is 34.9 Å². The van der Waals surface area contributed by atoms with Gasteiger partial charge in [-0.25, -0.2) is 4.99 Å². The Morgan fingerprint density at radius 3 is 2.16 bits per heavy atom. The van der Waals surface area contributed by atoms with Crippen molar-refractivity contribution in [3.63, 3.8) is 0 Å². The topological polar surface area (TPSA) is 67.9 Å². The highest BCUT2D eigenvalue weighted by Crippen LogP contribution is 2.28. The van der Waals surface area contributed by atoms with E-state index in [4.69, 9.17) is 10.5 Å². The number of carbonyl (C=O) groups excluding carboxylic acids is 1. The van der Waals surface area contributed by atoms with Crippen LogP contribution in [0.2, 0.25) is 0 Å². The maximum Gasteiger partial charge on any atom is 0.309 e. The van der Waals surface area contributed by atoms with E-state index < -0.39 is 5.60 Å². The van der Waals surface area contributed by atoms with Crippen molar-refractivity contribution in [2.24, 2.45) is 16.6 Å². The summed E-state index contributed by atoms with van der Waals surface area (Å²) in [4.78, 5) is 18.2. The Labute approximate surface area is 116 Å². The molecule has 0 aromatic heterocycles. The second kappa shape index (κ2) is 6.26. The molecule has 0 amide bonds. The van der Waals surface area contributed by atoms with E-state index in [2.05, 4.69) is 4.99 Å². The highest BCUT2D eigenvalue weighted by Gasteiger charge is 2.29. The average molecular weight is 269 g/mol. The van der Waals surface area contributed by atoms with Crippen LogP contribution < -0.4 is 5.73 Å². The highest BCUT2D eigenvalue weighted by molar-refractivity contribution is 5.77. The molecular formula is C14H27N3O2.